The summed E-state index contributed by atoms with van der Waals surface area (Å²) in [6, 6.07) is 12.7. The molecule has 0 aliphatic rings. The zero-order valence-electron chi connectivity index (χ0n) is 16.9. The van der Waals surface area contributed by atoms with Crippen LogP contribution in [-0.2, 0) is 13.1 Å². The highest BCUT2D eigenvalue weighted by molar-refractivity contribution is 5.77. The van der Waals surface area contributed by atoms with Crippen molar-refractivity contribution in [1.82, 2.24) is 29.8 Å². The molecule has 0 bridgehead atoms. The van der Waals surface area contributed by atoms with Crippen molar-refractivity contribution >= 4 is 22.8 Å². The van der Waals surface area contributed by atoms with Crippen LogP contribution < -0.4 is 10.6 Å². The Morgan fingerprint density at radius 1 is 1.00 bits per heavy atom. The van der Waals surface area contributed by atoms with E-state index in [9.17, 15) is 0 Å². The van der Waals surface area contributed by atoms with E-state index in [4.69, 9.17) is 9.97 Å². The molecule has 0 atom stereocenters. The van der Waals surface area contributed by atoms with E-state index >= 15 is 0 Å². The second-order valence-electron chi connectivity index (χ2n) is 7.18. The predicted molar refractivity (Wildman–Crippen MR) is 116 cm³/mol. The molecule has 0 saturated carbocycles. The number of aryl methyl sites for hydroxylation is 1. The monoisotopic (exact) mass is 387 g/mol. The Morgan fingerprint density at radius 3 is 2.45 bits per heavy atom. The molecule has 0 saturated heterocycles. The molecule has 0 radical (unpaired) electrons. The Balaban J connectivity index is 1.59. The van der Waals surface area contributed by atoms with Crippen LogP contribution >= 0.6 is 0 Å². The molecule has 148 valence electrons. The van der Waals surface area contributed by atoms with Crippen molar-refractivity contribution in [2.24, 2.45) is 0 Å². The average molecular weight is 387 g/mol. The summed E-state index contributed by atoms with van der Waals surface area (Å²) in [6.45, 7) is 8.00. The molecule has 2 N–H and O–H groups in total. The molecule has 0 aliphatic carbocycles. The predicted octanol–water partition coefficient (Wildman–Crippen LogP) is 4.15. The van der Waals surface area contributed by atoms with Crippen molar-refractivity contribution in [3.8, 4) is 11.4 Å². The molecule has 0 aliphatic heterocycles. The van der Waals surface area contributed by atoms with E-state index in [1.807, 2.05) is 24.3 Å². The van der Waals surface area contributed by atoms with Gasteiger partial charge in [-0.1, -0.05) is 26.0 Å². The first-order valence-electron chi connectivity index (χ1n) is 9.87. The maximum absolute atomic E-state index is 4.72. The molecule has 3 heterocycles. The summed E-state index contributed by atoms with van der Waals surface area (Å²) in [5, 5.41) is 6.72. The fraction of sp³-hybridized carbons (Fsp3) is 0.273. The van der Waals surface area contributed by atoms with Gasteiger partial charge in [-0.05, 0) is 36.8 Å². The Hall–Kier alpha value is -3.32. The van der Waals surface area contributed by atoms with Crippen LogP contribution in [-0.4, -0.2) is 30.5 Å². The summed E-state index contributed by atoms with van der Waals surface area (Å²) in [5.41, 5.74) is 4.80. The number of nitrogens with one attached hydrogen (secondary N) is 2. The molecule has 7 nitrogen and oxygen atoms in total. The number of anilines is 2. The van der Waals surface area contributed by atoms with Gasteiger partial charge in [0.05, 0.1) is 6.20 Å². The lowest BCUT2D eigenvalue weighted by Crippen LogP contribution is -2.21. The van der Waals surface area contributed by atoms with Crippen molar-refractivity contribution in [3.05, 3.63) is 60.6 Å². The largest absolute Gasteiger partial charge is 0.324 e. The van der Waals surface area contributed by atoms with Crippen LogP contribution in [0.4, 0.5) is 11.6 Å². The van der Waals surface area contributed by atoms with Gasteiger partial charge in [-0.2, -0.15) is 4.98 Å². The van der Waals surface area contributed by atoms with Gasteiger partial charge in [0, 0.05) is 42.8 Å². The summed E-state index contributed by atoms with van der Waals surface area (Å²) in [5.74, 6) is 1.43. The number of aromatic nitrogens is 5. The SMILES string of the molecule is CCn1c(-c2ccncc2)nc2cnc(Nc3ccc(CNC(C)C)cc3)nc21. The van der Waals surface area contributed by atoms with E-state index in [2.05, 4.69) is 58.1 Å². The normalized spacial score (nSPS) is 11.3. The Morgan fingerprint density at radius 2 is 1.76 bits per heavy atom. The second-order valence-corrected chi connectivity index (χ2v) is 7.18. The molecule has 0 spiro atoms. The van der Waals surface area contributed by atoms with Gasteiger partial charge < -0.3 is 15.2 Å². The van der Waals surface area contributed by atoms with Crippen molar-refractivity contribution < 1.29 is 0 Å². The Bertz CT molecular complexity index is 1090. The van der Waals surface area contributed by atoms with Crippen LogP contribution in [0.15, 0.2) is 55.0 Å². The third-order valence-electron chi connectivity index (χ3n) is 4.67. The number of benzene rings is 1. The van der Waals surface area contributed by atoms with E-state index in [0.29, 0.717) is 12.0 Å². The number of nitrogens with zero attached hydrogens (tertiary/aromatic N) is 5. The highest BCUT2D eigenvalue weighted by Gasteiger charge is 2.14. The minimum Gasteiger partial charge on any atom is -0.324 e. The molecule has 0 amide bonds. The van der Waals surface area contributed by atoms with Gasteiger partial charge in [0.2, 0.25) is 5.95 Å². The molecule has 0 fully saturated rings. The number of fused-ring (bicyclic) bond motifs is 1. The van der Waals surface area contributed by atoms with Gasteiger partial charge in [-0.15, -0.1) is 0 Å². The van der Waals surface area contributed by atoms with Crippen LogP contribution in [0.5, 0.6) is 0 Å². The average Bonchev–Trinajstić information content (AvgIpc) is 3.12. The van der Waals surface area contributed by atoms with Crippen molar-refractivity contribution in [2.45, 2.75) is 39.9 Å². The lowest BCUT2D eigenvalue weighted by molar-refractivity contribution is 0.589. The molecule has 3 aromatic heterocycles. The Kier molecular flexibility index (Phi) is 5.48. The molecule has 7 heteroatoms. The smallest absolute Gasteiger partial charge is 0.229 e. The quantitative estimate of drug-likeness (QED) is 0.496. The van der Waals surface area contributed by atoms with E-state index in [0.717, 1.165) is 41.3 Å². The van der Waals surface area contributed by atoms with Gasteiger partial charge >= 0.3 is 0 Å². The second kappa shape index (κ2) is 8.36. The standard InChI is InChI=1S/C22H25N7/c1-4-29-20(17-9-11-23-12-10-17)27-19-14-25-22(28-21(19)29)26-18-7-5-16(6-8-18)13-24-15(2)3/h5-12,14-15,24H,4,13H2,1-3H3,(H,25,26,28). The lowest BCUT2D eigenvalue weighted by atomic mass is 10.2. The number of imidazole rings is 1. The van der Waals surface area contributed by atoms with Gasteiger partial charge in [-0.25, -0.2) is 9.97 Å². The van der Waals surface area contributed by atoms with E-state index in [1.165, 1.54) is 5.56 Å². The molecule has 4 rings (SSSR count). The number of hydrogen-bond acceptors (Lipinski definition) is 6. The molecule has 29 heavy (non-hydrogen) atoms. The summed E-state index contributed by atoms with van der Waals surface area (Å²) >= 11 is 0. The van der Waals surface area contributed by atoms with Crippen molar-refractivity contribution in [2.75, 3.05) is 5.32 Å². The van der Waals surface area contributed by atoms with Crippen molar-refractivity contribution in [3.63, 3.8) is 0 Å². The van der Waals surface area contributed by atoms with E-state index in [1.54, 1.807) is 18.6 Å². The molecular formula is C22H25N7. The van der Waals surface area contributed by atoms with Gasteiger partial charge in [0.25, 0.3) is 0 Å². The minimum absolute atomic E-state index is 0.466. The highest BCUT2D eigenvalue weighted by Crippen LogP contribution is 2.24. The van der Waals surface area contributed by atoms with Crippen LogP contribution in [0, 0.1) is 0 Å². The molecular weight excluding hydrogens is 362 g/mol. The third kappa shape index (κ3) is 4.25. The maximum Gasteiger partial charge on any atom is 0.229 e. The first-order valence-corrected chi connectivity index (χ1v) is 9.87. The minimum atomic E-state index is 0.466. The zero-order chi connectivity index (χ0) is 20.2. The Labute approximate surface area is 170 Å². The zero-order valence-corrected chi connectivity index (χ0v) is 16.9. The van der Waals surface area contributed by atoms with Crippen molar-refractivity contribution in [1.29, 1.82) is 0 Å². The van der Waals surface area contributed by atoms with E-state index < -0.39 is 0 Å². The fourth-order valence-corrected chi connectivity index (χ4v) is 3.16. The van der Waals surface area contributed by atoms with Gasteiger partial charge in [0.15, 0.2) is 5.65 Å². The summed E-state index contributed by atoms with van der Waals surface area (Å²) < 4.78 is 2.10. The van der Waals surface area contributed by atoms with Gasteiger partial charge in [0.1, 0.15) is 11.3 Å². The summed E-state index contributed by atoms with van der Waals surface area (Å²) in [6.07, 6.45) is 5.31. The van der Waals surface area contributed by atoms with Gasteiger partial charge in [-0.3, -0.25) is 4.98 Å². The fourth-order valence-electron chi connectivity index (χ4n) is 3.16. The van der Waals surface area contributed by atoms with Crippen LogP contribution in [0.3, 0.4) is 0 Å². The third-order valence-corrected chi connectivity index (χ3v) is 4.67. The first kappa shape index (κ1) is 19.0. The van der Waals surface area contributed by atoms with Crippen LogP contribution in [0.1, 0.15) is 26.3 Å². The topological polar surface area (TPSA) is 80.5 Å². The summed E-state index contributed by atoms with van der Waals surface area (Å²) in [7, 11) is 0. The van der Waals surface area contributed by atoms with Crippen LogP contribution in [0.2, 0.25) is 0 Å². The summed E-state index contributed by atoms with van der Waals surface area (Å²) in [4.78, 5) is 18.0. The maximum atomic E-state index is 4.72. The molecule has 1 aromatic carbocycles. The molecule has 4 aromatic rings. The number of rotatable bonds is 7. The lowest BCUT2D eigenvalue weighted by Gasteiger charge is -2.09. The number of hydrogen-bond donors (Lipinski definition) is 2. The highest BCUT2D eigenvalue weighted by atomic mass is 15.2. The van der Waals surface area contributed by atoms with Crippen LogP contribution in [0.25, 0.3) is 22.6 Å². The molecule has 0 unspecified atom stereocenters. The van der Waals surface area contributed by atoms with E-state index in [-0.39, 0.29) is 0 Å². The number of pyridine rings is 1. The first-order chi connectivity index (χ1) is 14.1.